The Bertz CT molecular complexity index is 280. The molecule has 0 bridgehead atoms. The van der Waals surface area contributed by atoms with Crippen molar-refractivity contribution in [3.63, 3.8) is 0 Å². The van der Waals surface area contributed by atoms with E-state index in [0.29, 0.717) is 6.42 Å². The van der Waals surface area contributed by atoms with Gasteiger partial charge in [-0.15, -0.1) is 0 Å². The quantitative estimate of drug-likeness (QED) is 0.242. The van der Waals surface area contributed by atoms with Gasteiger partial charge < -0.3 is 16.0 Å². The number of unbranched alkanes of at least 4 members (excludes halogenated alkanes) is 8. The van der Waals surface area contributed by atoms with Gasteiger partial charge in [0.2, 0.25) is 0 Å². The topological polar surface area (TPSA) is 81.5 Å². The Kier molecular flexibility index (Phi) is 20.3. The molecule has 0 saturated heterocycles. The molecule has 0 aromatic carbocycles. The van der Waals surface area contributed by atoms with Crippen LogP contribution in [0.2, 0.25) is 0 Å². The smallest absolute Gasteiger partial charge is 0.305 e. The monoisotopic (exact) mass is 329 g/mol. The largest absolute Gasteiger partial charge is 0.469 e. The predicted octanol–water partition coefficient (Wildman–Crippen LogP) is 5.33. The molecule has 0 aliphatic carbocycles. The molecule has 0 heterocycles. The molecule has 0 fully saturated rings. The maximum absolute atomic E-state index is 10.9. The van der Waals surface area contributed by atoms with Crippen LogP contribution in [0.15, 0.2) is 12.2 Å². The summed E-state index contributed by atoms with van der Waals surface area (Å²) in [5.74, 6) is -0.101. The zero-order valence-corrected chi connectivity index (χ0v) is 15.4. The SMILES string of the molecule is CCCCCCC(O)C/C=C\CCCCCCCC(=O)OC.N. The van der Waals surface area contributed by atoms with Crippen LogP contribution in [-0.4, -0.2) is 24.3 Å². The highest BCUT2D eigenvalue weighted by Gasteiger charge is 2.01. The maximum Gasteiger partial charge on any atom is 0.305 e. The summed E-state index contributed by atoms with van der Waals surface area (Å²) < 4.78 is 4.61. The van der Waals surface area contributed by atoms with Crippen LogP contribution in [0, 0.1) is 0 Å². The van der Waals surface area contributed by atoms with Crippen molar-refractivity contribution >= 4 is 5.97 Å². The molecule has 0 aliphatic rings. The first-order valence-electron chi connectivity index (χ1n) is 9.10. The second-order valence-corrected chi connectivity index (χ2v) is 6.09. The van der Waals surface area contributed by atoms with E-state index in [1.54, 1.807) is 0 Å². The van der Waals surface area contributed by atoms with E-state index in [2.05, 4.69) is 23.8 Å². The van der Waals surface area contributed by atoms with Crippen molar-refractivity contribution in [2.45, 2.75) is 96.5 Å². The van der Waals surface area contributed by atoms with Crippen LogP contribution in [0.1, 0.15) is 90.4 Å². The third kappa shape index (κ3) is 19.1. The summed E-state index contributed by atoms with van der Waals surface area (Å²) in [6.45, 7) is 2.21. The number of ether oxygens (including phenoxy) is 1. The Morgan fingerprint density at radius 1 is 1.00 bits per heavy atom. The Morgan fingerprint density at radius 3 is 2.35 bits per heavy atom. The summed E-state index contributed by atoms with van der Waals surface area (Å²) >= 11 is 0. The standard InChI is InChI=1S/C19H36O3.H3N/c1-3-4-5-12-15-18(20)16-13-10-8-6-7-9-11-14-17-19(21)22-2;/h10,13,18,20H,3-9,11-12,14-17H2,1-2H3;1H3/b13-10-;. The number of hydrogen-bond donors (Lipinski definition) is 2. The lowest BCUT2D eigenvalue weighted by atomic mass is 10.1. The first kappa shape index (κ1) is 24.4. The number of methoxy groups -OCH3 is 1. The van der Waals surface area contributed by atoms with Crippen LogP contribution >= 0.6 is 0 Å². The fraction of sp³-hybridized carbons (Fsp3) is 0.842. The average molecular weight is 330 g/mol. The van der Waals surface area contributed by atoms with E-state index in [1.165, 1.54) is 45.6 Å². The molecule has 4 N–H and O–H groups in total. The van der Waals surface area contributed by atoms with Crippen molar-refractivity contribution in [3.8, 4) is 0 Å². The van der Waals surface area contributed by atoms with Gasteiger partial charge in [-0.2, -0.15) is 0 Å². The minimum Gasteiger partial charge on any atom is -0.469 e. The molecule has 0 aromatic rings. The Balaban J connectivity index is 0. The van der Waals surface area contributed by atoms with Gasteiger partial charge in [0.1, 0.15) is 0 Å². The summed E-state index contributed by atoms with van der Waals surface area (Å²) in [6.07, 6.45) is 18.1. The van der Waals surface area contributed by atoms with Crippen LogP contribution in [0.3, 0.4) is 0 Å². The number of carbonyl (C=O) groups is 1. The molecule has 0 saturated carbocycles. The summed E-state index contributed by atoms with van der Waals surface area (Å²) in [5.41, 5.74) is 0. The second-order valence-electron chi connectivity index (χ2n) is 6.09. The fourth-order valence-electron chi connectivity index (χ4n) is 2.46. The van der Waals surface area contributed by atoms with Crippen molar-refractivity contribution < 1.29 is 14.6 Å². The number of aliphatic hydroxyl groups is 1. The first-order chi connectivity index (χ1) is 10.7. The molecule has 138 valence electrons. The molecule has 0 aromatic heterocycles. The summed E-state index contributed by atoms with van der Waals surface area (Å²) in [6, 6.07) is 0. The predicted molar refractivity (Wildman–Crippen MR) is 97.9 cm³/mol. The molecule has 1 atom stereocenters. The van der Waals surface area contributed by atoms with Gasteiger partial charge in [0.25, 0.3) is 0 Å². The molecular weight excluding hydrogens is 290 g/mol. The molecule has 23 heavy (non-hydrogen) atoms. The van der Waals surface area contributed by atoms with Crippen molar-refractivity contribution in [2.75, 3.05) is 7.11 Å². The summed E-state index contributed by atoms with van der Waals surface area (Å²) in [7, 11) is 1.44. The van der Waals surface area contributed by atoms with Crippen LogP contribution in [0.25, 0.3) is 0 Å². The number of carbonyl (C=O) groups excluding carboxylic acids is 1. The number of hydrogen-bond acceptors (Lipinski definition) is 4. The average Bonchev–Trinajstić information content (AvgIpc) is 2.53. The van der Waals surface area contributed by atoms with Crippen molar-refractivity contribution in [1.29, 1.82) is 0 Å². The molecule has 0 amide bonds. The van der Waals surface area contributed by atoms with E-state index in [0.717, 1.165) is 38.5 Å². The number of aliphatic hydroxyl groups excluding tert-OH is 1. The van der Waals surface area contributed by atoms with Gasteiger partial charge in [0, 0.05) is 6.42 Å². The Labute approximate surface area is 143 Å². The van der Waals surface area contributed by atoms with E-state index in [4.69, 9.17) is 0 Å². The summed E-state index contributed by atoms with van der Waals surface area (Å²) in [4.78, 5) is 10.9. The fourth-order valence-corrected chi connectivity index (χ4v) is 2.46. The van der Waals surface area contributed by atoms with E-state index < -0.39 is 0 Å². The minimum absolute atomic E-state index is 0. The van der Waals surface area contributed by atoms with Gasteiger partial charge >= 0.3 is 5.97 Å². The minimum atomic E-state index is -0.161. The van der Waals surface area contributed by atoms with Crippen LogP contribution in [-0.2, 0) is 9.53 Å². The van der Waals surface area contributed by atoms with E-state index in [1.807, 2.05) is 0 Å². The van der Waals surface area contributed by atoms with E-state index in [9.17, 15) is 9.90 Å². The van der Waals surface area contributed by atoms with E-state index >= 15 is 0 Å². The van der Waals surface area contributed by atoms with Crippen LogP contribution in [0.4, 0.5) is 0 Å². The van der Waals surface area contributed by atoms with Gasteiger partial charge in [0.05, 0.1) is 13.2 Å². The number of allylic oxidation sites excluding steroid dienone is 1. The highest BCUT2D eigenvalue weighted by Crippen LogP contribution is 2.10. The molecule has 4 nitrogen and oxygen atoms in total. The van der Waals surface area contributed by atoms with Crippen molar-refractivity contribution in [3.05, 3.63) is 12.2 Å². The normalized spacial score (nSPS) is 12.1. The molecule has 0 spiro atoms. The highest BCUT2D eigenvalue weighted by atomic mass is 16.5. The van der Waals surface area contributed by atoms with Crippen LogP contribution < -0.4 is 6.15 Å². The van der Waals surface area contributed by atoms with Gasteiger partial charge in [-0.05, 0) is 32.1 Å². The van der Waals surface area contributed by atoms with E-state index in [-0.39, 0.29) is 18.2 Å². The molecule has 0 radical (unpaired) electrons. The molecular formula is C19H39NO3. The van der Waals surface area contributed by atoms with Gasteiger partial charge in [0.15, 0.2) is 0 Å². The van der Waals surface area contributed by atoms with Gasteiger partial charge in [-0.25, -0.2) is 0 Å². The lowest BCUT2D eigenvalue weighted by Crippen LogP contribution is -2.04. The third-order valence-electron chi connectivity index (χ3n) is 3.95. The first-order valence-corrected chi connectivity index (χ1v) is 9.10. The molecule has 1 unspecified atom stereocenters. The molecule has 0 aliphatic heterocycles. The summed E-state index contributed by atoms with van der Waals surface area (Å²) in [5, 5.41) is 9.82. The third-order valence-corrected chi connectivity index (χ3v) is 3.95. The number of esters is 1. The van der Waals surface area contributed by atoms with Crippen LogP contribution in [0.5, 0.6) is 0 Å². The molecule has 4 heteroatoms. The zero-order chi connectivity index (χ0) is 16.5. The lowest BCUT2D eigenvalue weighted by Gasteiger charge is -2.07. The van der Waals surface area contributed by atoms with Crippen molar-refractivity contribution in [2.24, 2.45) is 0 Å². The highest BCUT2D eigenvalue weighted by molar-refractivity contribution is 5.68. The van der Waals surface area contributed by atoms with Crippen molar-refractivity contribution in [1.82, 2.24) is 6.15 Å². The maximum atomic E-state index is 10.9. The Hall–Kier alpha value is -0.870. The molecule has 0 rings (SSSR count). The lowest BCUT2D eigenvalue weighted by molar-refractivity contribution is -0.140. The zero-order valence-electron chi connectivity index (χ0n) is 15.4. The van der Waals surface area contributed by atoms with Gasteiger partial charge in [-0.3, -0.25) is 4.79 Å². The second kappa shape index (κ2) is 19.2. The van der Waals surface area contributed by atoms with Gasteiger partial charge in [-0.1, -0.05) is 64.0 Å². The Morgan fingerprint density at radius 2 is 1.65 bits per heavy atom. The number of rotatable bonds is 15.